The van der Waals surface area contributed by atoms with Crippen LogP contribution in [0.4, 0.5) is 0 Å². The number of amides is 1. The minimum atomic E-state index is 0.0291. The molecule has 0 bridgehead atoms. The van der Waals surface area contributed by atoms with Gasteiger partial charge in [-0.1, -0.05) is 0 Å². The zero-order chi connectivity index (χ0) is 15.6. The van der Waals surface area contributed by atoms with Crippen molar-refractivity contribution in [3.8, 4) is 0 Å². The lowest BCUT2D eigenvalue weighted by Gasteiger charge is -2.16. The Hall–Kier alpha value is -2.15. The fourth-order valence-electron chi connectivity index (χ4n) is 3.73. The maximum Gasteiger partial charge on any atom is 0.221 e. The first-order valence-corrected chi connectivity index (χ1v) is 8.83. The quantitative estimate of drug-likeness (QED) is 0.784. The Morgan fingerprint density at radius 3 is 3.04 bits per heavy atom. The molecule has 3 aromatic heterocycles. The van der Waals surface area contributed by atoms with Gasteiger partial charge in [0.2, 0.25) is 5.91 Å². The van der Waals surface area contributed by atoms with Crippen molar-refractivity contribution >= 4 is 22.2 Å². The summed E-state index contributed by atoms with van der Waals surface area (Å²) in [6.45, 7) is 0.512. The smallest absolute Gasteiger partial charge is 0.221 e. The number of hydrogen-bond donors (Lipinski definition) is 1. The summed E-state index contributed by atoms with van der Waals surface area (Å²) in [6.07, 6.45) is 6.91. The Labute approximate surface area is 137 Å². The van der Waals surface area contributed by atoms with Crippen molar-refractivity contribution in [2.45, 2.75) is 37.6 Å². The van der Waals surface area contributed by atoms with E-state index in [1.807, 2.05) is 23.3 Å². The van der Waals surface area contributed by atoms with Crippen molar-refractivity contribution in [2.24, 2.45) is 7.05 Å². The van der Waals surface area contributed by atoms with Gasteiger partial charge in [-0.3, -0.25) is 13.9 Å². The van der Waals surface area contributed by atoms with Gasteiger partial charge in [0.05, 0.1) is 24.1 Å². The number of nitrogens with zero attached hydrogens (tertiary/aromatic N) is 4. The average molecular weight is 327 g/mol. The van der Waals surface area contributed by atoms with Gasteiger partial charge in [-0.05, 0) is 12.8 Å². The predicted octanol–water partition coefficient (Wildman–Crippen LogP) is 2.16. The minimum Gasteiger partial charge on any atom is -0.350 e. The van der Waals surface area contributed by atoms with Gasteiger partial charge < -0.3 is 5.32 Å². The van der Waals surface area contributed by atoms with Crippen molar-refractivity contribution in [2.75, 3.05) is 0 Å². The van der Waals surface area contributed by atoms with E-state index < -0.39 is 0 Å². The number of nitrogens with one attached hydrogen (secondary N) is 1. The van der Waals surface area contributed by atoms with Crippen LogP contribution in [0.5, 0.6) is 0 Å². The molecule has 1 fully saturated rings. The van der Waals surface area contributed by atoms with Crippen molar-refractivity contribution in [3.63, 3.8) is 0 Å². The maximum absolute atomic E-state index is 12.2. The highest BCUT2D eigenvalue weighted by atomic mass is 32.1. The molecule has 1 amide bonds. The maximum atomic E-state index is 12.2. The van der Waals surface area contributed by atoms with Crippen molar-refractivity contribution in [3.05, 3.63) is 40.4 Å². The molecule has 0 aromatic carbocycles. The number of rotatable bonds is 2. The van der Waals surface area contributed by atoms with Gasteiger partial charge in [-0.2, -0.15) is 5.10 Å². The number of aromatic nitrogens is 4. The van der Waals surface area contributed by atoms with Crippen molar-refractivity contribution in [1.29, 1.82) is 0 Å². The third kappa shape index (κ3) is 1.96. The van der Waals surface area contributed by atoms with Crippen LogP contribution in [0.1, 0.15) is 53.7 Å². The molecule has 1 N–H and O–H groups in total. The Bertz CT molecular complexity index is 916. The Morgan fingerprint density at radius 1 is 1.35 bits per heavy atom. The lowest BCUT2D eigenvalue weighted by Crippen LogP contribution is -2.21. The molecule has 1 aliphatic carbocycles. The summed E-state index contributed by atoms with van der Waals surface area (Å²) in [5, 5.41) is 9.52. The zero-order valence-corrected chi connectivity index (χ0v) is 13.6. The van der Waals surface area contributed by atoms with E-state index in [2.05, 4.69) is 21.0 Å². The lowest BCUT2D eigenvalue weighted by molar-refractivity contribution is -0.121. The molecule has 0 radical (unpaired) electrons. The first-order chi connectivity index (χ1) is 11.2. The van der Waals surface area contributed by atoms with E-state index in [0.29, 0.717) is 18.9 Å². The van der Waals surface area contributed by atoms with E-state index in [9.17, 15) is 4.79 Å². The fourth-order valence-corrected chi connectivity index (χ4v) is 4.47. The van der Waals surface area contributed by atoms with Crippen LogP contribution in [0.3, 0.4) is 0 Å². The Morgan fingerprint density at radius 2 is 2.22 bits per heavy atom. The molecular weight excluding hydrogens is 310 g/mol. The molecule has 1 atom stereocenters. The summed E-state index contributed by atoms with van der Waals surface area (Å²) >= 11 is 1.63. The second kappa shape index (κ2) is 4.67. The molecule has 118 valence electrons. The van der Waals surface area contributed by atoms with E-state index >= 15 is 0 Å². The van der Waals surface area contributed by atoms with Gasteiger partial charge in [-0.15, -0.1) is 11.3 Å². The number of fused-ring (bicyclic) bond motifs is 3. The molecular formula is C16H17N5OS. The van der Waals surface area contributed by atoms with Gasteiger partial charge in [0.15, 0.2) is 4.96 Å². The summed E-state index contributed by atoms with van der Waals surface area (Å²) in [5.74, 6) is 0.710. The van der Waals surface area contributed by atoms with Gasteiger partial charge in [0.1, 0.15) is 0 Å². The highest BCUT2D eigenvalue weighted by Gasteiger charge is 2.36. The summed E-state index contributed by atoms with van der Waals surface area (Å²) < 4.78 is 4.13. The summed E-state index contributed by atoms with van der Waals surface area (Å²) in [4.78, 5) is 18.0. The van der Waals surface area contributed by atoms with E-state index in [0.717, 1.165) is 16.3 Å². The molecule has 0 spiro atoms. The zero-order valence-electron chi connectivity index (χ0n) is 12.8. The van der Waals surface area contributed by atoms with Crippen LogP contribution in [0.25, 0.3) is 4.96 Å². The van der Waals surface area contributed by atoms with Crippen molar-refractivity contribution in [1.82, 2.24) is 24.5 Å². The van der Waals surface area contributed by atoms with Gasteiger partial charge >= 0.3 is 0 Å². The topological polar surface area (TPSA) is 64.2 Å². The van der Waals surface area contributed by atoms with Crippen LogP contribution in [0, 0.1) is 0 Å². The SMILES string of the molecule is Cn1ncc(C2CC(=O)NCc3nc4sccn4c32)c1C1CC1. The number of carbonyl (C=O) groups is 1. The largest absolute Gasteiger partial charge is 0.350 e. The Kier molecular flexibility index (Phi) is 2.70. The van der Waals surface area contributed by atoms with E-state index in [-0.39, 0.29) is 11.8 Å². The van der Waals surface area contributed by atoms with Gasteiger partial charge in [0, 0.05) is 48.1 Å². The molecule has 1 saturated carbocycles. The third-order valence-electron chi connectivity index (χ3n) is 4.90. The number of hydrogen-bond acceptors (Lipinski definition) is 4. The second-order valence-electron chi connectivity index (χ2n) is 6.42. The number of imidazole rings is 1. The lowest BCUT2D eigenvalue weighted by atomic mass is 9.90. The predicted molar refractivity (Wildman–Crippen MR) is 86.6 cm³/mol. The highest BCUT2D eigenvalue weighted by molar-refractivity contribution is 7.15. The molecule has 23 heavy (non-hydrogen) atoms. The average Bonchev–Trinajstić information content (AvgIpc) is 3.03. The van der Waals surface area contributed by atoms with E-state index in [1.54, 1.807) is 11.3 Å². The standard InChI is InChI=1S/C16H17N5OS/c1-20-14(9-2-3-9)11(7-18-20)10-6-13(22)17-8-12-15(10)21-4-5-23-16(21)19-12/h4-5,7,9-10H,2-3,6,8H2,1H3,(H,17,22). The first-order valence-electron chi connectivity index (χ1n) is 7.95. The summed E-state index contributed by atoms with van der Waals surface area (Å²) in [7, 11) is 2.01. The molecule has 1 unspecified atom stereocenters. The van der Waals surface area contributed by atoms with Crippen LogP contribution in [-0.2, 0) is 18.4 Å². The fraction of sp³-hybridized carbons (Fsp3) is 0.438. The first kappa shape index (κ1) is 13.3. The summed E-state index contributed by atoms with van der Waals surface area (Å²) in [5.41, 5.74) is 4.62. The van der Waals surface area contributed by atoms with Crippen LogP contribution < -0.4 is 5.32 Å². The monoisotopic (exact) mass is 327 g/mol. The number of aryl methyl sites for hydroxylation is 1. The third-order valence-corrected chi connectivity index (χ3v) is 5.66. The molecule has 2 aliphatic rings. The highest BCUT2D eigenvalue weighted by Crippen LogP contribution is 2.45. The second-order valence-corrected chi connectivity index (χ2v) is 7.29. The summed E-state index contributed by atoms with van der Waals surface area (Å²) in [6, 6.07) is 0. The van der Waals surface area contributed by atoms with Crippen LogP contribution in [0.2, 0.25) is 0 Å². The molecule has 1 aliphatic heterocycles. The van der Waals surface area contributed by atoms with E-state index in [1.165, 1.54) is 24.1 Å². The Balaban J connectivity index is 1.73. The molecule has 4 heterocycles. The van der Waals surface area contributed by atoms with E-state index in [4.69, 9.17) is 4.98 Å². The molecule has 5 rings (SSSR count). The van der Waals surface area contributed by atoms with Crippen LogP contribution >= 0.6 is 11.3 Å². The van der Waals surface area contributed by atoms with Crippen molar-refractivity contribution < 1.29 is 4.79 Å². The molecule has 7 heteroatoms. The van der Waals surface area contributed by atoms with Crippen LogP contribution in [-0.4, -0.2) is 25.1 Å². The number of carbonyl (C=O) groups excluding carboxylic acids is 1. The molecule has 0 saturated heterocycles. The minimum absolute atomic E-state index is 0.0291. The number of thiazole rings is 1. The molecule has 3 aromatic rings. The van der Waals surface area contributed by atoms with Crippen LogP contribution in [0.15, 0.2) is 17.8 Å². The van der Waals surface area contributed by atoms with Gasteiger partial charge in [0.25, 0.3) is 0 Å². The van der Waals surface area contributed by atoms with Gasteiger partial charge in [-0.25, -0.2) is 4.98 Å². The molecule has 6 nitrogen and oxygen atoms in total. The normalized spacial score (nSPS) is 21.3.